The van der Waals surface area contributed by atoms with Crippen molar-refractivity contribution < 1.29 is 14.7 Å². The molecule has 2 unspecified atom stereocenters. The lowest BCUT2D eigenvalue weighted by atomic mass is 9.89. The molecule has 1 N–H and O–H groups in total. The fraction of sp³-hybridized carbons (Fsp3) is 0.625. The zero-order chi connectivity index (χ0) is 15.6. The summed E-state index contributed by atoms with van der Waals surface area (Å²) in [6.07, 6.45) is 2.54. The van der Waals surface area contributed by atoms with E-state index in [0.29, 0.717) is 25.8 Å². The van der Waals surface area contributed by atoms with Crippen molar-refractivity contribution in [3.63, 3.8) is 0 Å². The SMILES string of the molecule is CCCN1C(=O)CCCC(C(=O)O)C1c1cc(C)sc1C. The van der Waals surface area contributed by atoms with Gasteiger partial charge in [-0.25, -0.2) is 0 Å². The number of aliphatic carboxylic acids is 1. The highest BCUT2D eigenvalue weighted by Crippen LogP contribution is 2.39. The van der Waals surface area contributed by atoms with Gasteiger partial charge >= 0.3 is 5.97 Å². The van der Waals surface area contributed by atoms with Crippen molar-refractivity contribution in [3.05, 3.63) is 21.4 Å². The van der Waals surface area contributed by atoms with Crippen LogP contribution in [-0.4, -0.2) is 28.4 Å². The second kappa shape index (κ2) is 6.60. The normalized spacial score (nSPS) is 23.2. The van der Waals surface area contributed by atoms with Crippen molar-refractivity contribution in [2.75, 3.05) is 6.54 Å². The number of aryl methyl sites for hydroxylation is 2. The number of carboxylic acids is 1. The van der Waals surface area contributed by atoms with Crippen LogP contribution < -0.4 is 0 Å². The Hall–Kier alpha value is -1.36. The lowest BCUT2D eigenvalue weighted by Gasteiger charge is -2.33. The molecule has 1 aliphatic rings. The second-order valence-electron chi connectivity index (χ2n) is 5.74. The minimum Gasteiger partial charge on any atom is -0.481 e. The summed E-state index contributed by atoms with van der Waals surface area (Å²) in [4.78, 5) is 28.2. The summed E-state index contributed by atoms with van der Waals surface area (Å²) >= 11 is 1.67. The number of amides is 1. The van der Waals surface area contributed by atoms with E-state index in [-0.39, 0.29) is 11.9 Å². The molecule has 2 atom stereocenters. The van der Waals surface area contributed by atoms with Crippen LogP contribution in [0.25, 0.3) is 0 Å². The van der Waals surface area contributed by atoms with Gasteiger partial charge in [0.25, 0.3) is 0 Å². The molecule has 0 saturated carbocycles. The van der Waals surface area contributed by atoms with Crippen molar-refractivity contribution in [2.45, 2.75) is 52.5 Å². The minimum absolute atomic E-state index is 0.0915. The van der Waals surface area contributed by atoms with Crippen molar-refractivity contribution >= 4 is 23.2 Å². The number of hydrogen-bond acceptors (Lipinski definition) is 3. The van der Waals surface area contributed by atoms with Crippen LogP contribution in [0, 0.1) is 19.8 Å². The maximum absolute atomic E-state index is 12.4. The third kappa shape index (κ3) is 3.28. The first kappa shape index (κ1) is 16.0. The molecule has 2 rings (SSSR count). The number of carbonyl (C=O) groups excluding carboxylic acids is 1. The van der Waals surface area contributed by atoms with Gasteiger partial charge in [-0.05, 0) is 44.7 Å². The molecule has 1 saturated heterocycles. The molecule has 0 spiro atoms. The summed E-state index contributed by atoms with van der Waals surface area (Å²) < 4.78 is 0. The molecule has 1 aliphatic heterocycles. The molecule has 2 heterocycles. The molecule has 0 aromatic carbocycles. The molecule has 4 nitrogen and oxygen atoms in total. The molecule has 0 radical (unpaired) electrons. The largest absolute Gasteiger partial charge is 0.481 e. The summed E-state index contributed by atoms with van der Waals surface area (Å²) in [6.45, 7) is 6.70. The van der Waals surface area contributed by atoms with Crippen LogP contribution in [-0.2, 0) is 9.59 Å². The van der Waals surface area contributed by atoms with Gasteiger partial charge in [0.05, 0.1) is 12.0 Å². The molecular weight excluding hydrogens is 286 g/mol. The van der Waals surface area contributed by atoms with Crippen LogP contribution in [0.4, 0.5) is 0 Å². The Kier molecular flexibility index (Phi) is 5.04. The van der Waals surface area contributed by atoms with Gasteiger partial charge in [0.1, 0.15) is 0 Å². The molecule has 1 amide bonds. The zero-order valence-electron chi connectivity index (χ0n) is 12.9. The molecule has 116 valence electrons. The lowest BCUT2D eigenvalue weighted by Crippen LogP contribution is -2.39. The van der Waals surface area contributed by atoms with Crippen LogP contribution >= 0.6 is 11.3 Å². The molecule has 1 fully saturated rings. The Morgan fingerprint density at radius 1 is 1.48 bits per heavy atom. The molecular formula is C16H23NO3S. The Balaban J connectivity index is 2.50. The summed E-state index contributed by atoms with van der Waals surface area (Å²) in [6, 6.07) is 1.74. The highest BCUT2D eigenvalue weighted by molar-refractivity contribution is 7.12. The van der Waals surface area contributed by atoms with E-state index in [4.69, 9.17) is 0 Å². The predicted octanol–water partition coefficient (Wildman–Crippen LogP) is 3.53. The van der Waals surface area contributed by atoms with Gasteiger partial charge in [0, 0.05) is 22.7 Å². The Morgan fingerprint density at radius 2 is 2.19 bits per heavy atom. The summed E-state index contributed by atoms with van der Waals surface area (Å²) in [5.41, 5.74) is 1.02. The average Bonchev–Trinajstić information content (AvgIpc) is 2.64. The van der Waals surface area contributed by atoms with Gasteiger partial charge in [-0.15, -0.1) is 11.3 Å². The lowest BCUT2D eigenvalue weighted by molar-refractivity contribution is -0.146. The Morgan fingerprint density at radius 3 is 2.71 bits per heavy atom. The van der Waals surface area contributed by atoms with E-state index in [0.717, 1.165) is 16.9 Å². The fourth-order valence-electron chi connectivity index (χ4n) is 3.24. The first-order valence-corrected chi connectivity index (χ1v) is 8.36. The number of nitrogens with zero attached hydrogens (tertiary/aromatic N) is 1. The number of rotatable bonds is 4. The molecule has 5 heteroatoms. The van der Waals surface area contributed by atoms with Gasteiger partial charge in [-0.2, -0.15) is 0 Å². The minimum atomic E-state index is -0.793. The molecule has 1 aromatic rings. The van der Waals surface area contributed by atoms with E-state index in [9.17, 15) is 14.7 Å². The third-order valence-electron chi connectivity index (χ3n) is 4.12. The maximum atomic E-state index is 12.4. The third-order valence-corrected chi connectivity index (χ3v) is 5.10. The van der Waals surface area contributed by atoms with Crippen LogP contribution in [0.15, 0.2) is 6.07 Å². The van der Waals surface area contributed by atoms with Crippen molar-refractivity contribution in [1.82, 2.24) is 4.90 Å². The molecule has 0 aliphatic carbocycles. The second-order valence-corrected chi connectivity index (χ2v) is 7.20. The van der Waals surface area contributed by atoms with Crippen LogP contribution in [0.1, 0.15) is 54.0 Å². The van der Waals surface area contributed by atoms with Crippen LogP contribution in [0.2, 0.25) is 0 Å². The monoisotopic (exact) mass is 309 g/mol. The first-order valence-electron chi connectivity index (χ1n) is 7.55. The summed E-state index contributed by atoms with van der Waals surface area (Å²) in [5, 5.41) is 9.63. The molecule has 1 aromatic heterocycles. The highest BCUT2D eigenvalue weighted by Gasteiger charge is 2.39. The topological polar surface area (TPSA) is 57.6 Å². The van der Waals surface area contributed by atoms with E-state index < -0.39 is 11.9 Å². The smallest absolute Gasteiger partial charge is 0.308 e. The average molecular weight is 309 g/mol. The standard InChI is InChI=1S/C16H23NO3S/c1-4-8-17-14(18)7-5-6-12(16(19)20)15(17)13-9-10(2)21-11(13)3/h9,12,15H,4-8H2,1-3H3,(H,19,20). The first-order chi connectivity index (χ1) is 9.95. The van der Waals surface area contributed by atoms with E-state index in [1.165, 1.54) is 4.88 Å². The van der Waals surface area contributed by atoms with E-state index >= 15 is 0 Å². The molecule has 0 bridgehead atoms. The highest BCUT2D eigenvalue weighted by atomic mass is 32.1. The Labute approximate surface area is 129 Å². The number of thiophene rings is 1. The van der Waals surface area contributed by atoms with Gasteiger partial charge in [-0.3, -0.25) is 9.59 Å². The number of likely N-dealkylation sites (tertiary alicyclic amines) is 1. The van der Waals surface area contributed by atoms with Crippen LogP contribution in [0.3, 0.4) is 0 Å². The quantitative estimate of drug-likeness (QED) is 0.925. The van der Waals surface area contributed by atoms with E-state index in [2.05, 4.69) is 6.07 Å². The van der Waals surface area contributed by atoms with Crippen molar-refractivity contribution in [2.24, 2.45) is 5.92 Å². The Bertz CT molecular complexity index is 538. The molecule has 21 heavy (non-hydrogen) atoms. The van der Waals surface area contributed by atoms with E-state index in [1.54, 1.807) is 16.2 Å². The fourth-order valence-corrected chi connectivity index (χ4v) is 4.21. The van der Waals surface area contributed by atoms with Crippen LogP contribution in [0.5, 0.6) is 0 Å². The zero-order valence-corrected chi connectivity index (χ0v) is 13.7. The summed E-state index contributed by atoms with van der Waals surface area (Å²) in [5.74, 6) is -1.20. The predicted molar refractivity (Wildman–Crippen MR) is 83.5 cm³/mol. The van der Waals surface area contributed by atoms with E-state index in [1.807, 2.05) is 20.8 Å². The number of carbonyl (C=O) groups is 2. The van der Waals surface area contributed by atoms with Crippen molar-refractivity contribution in [3.8, 4) is 0 Å². The number of carboxylic acid groups (broad SMARTS) is 1. The van der Waals surface area contributed by atoms with Gasteiger partial charge in [0.2, 0.25) is 5.91 Å². The van der Waals surface area contributed by atoms with Gasteiger partial charge in [-0.1, -0.05) is 6.92 Å². The summed E-state index contributed by atoms with van der Waals surface area (Å²) in [7, 11) is 0. The maximum Gasteiger partial charge on any atom is 0.308 e. The van der Waals surface area contributed by atoms with Gasteiger partial charge in [0.15, 0.2) is 0 Å². The van der Waals surface area contributed by atoms with Crippen molar-refractivity contribution in [1.29, 1.82) is 0 Å². The van der Waals surface area contributed by atoms with Gasteiger partial charge < -0.3 is 10.0 Å². The number of hydrogen-bond donors (Lipinski definition) is 1.